The van der Waals surface area contributed by atoms with E-state index in [-0.39, 0.29) is 5.56 Å². The SMILES string of the molecule is Fc1cccc(Cl)c1-c1cn(-c2cccnc2)nn1. The van der Waals surface area contributed by atoms with Crippen LogP contribution in [-0.4, -0.2) is 20.0 Å². The summed E-state index contributed by atoms with van der Waals surface area (Å²) in [5.41, 5.74) is 1.37. The predicted molar refractivity (Wildman–Crippen MR) is 69.6 cm³/mol. The summed E-state index contributed by atoms with van der Waals surface area (Å²) in [5.74, 6) is -0.425. The minimum Gasteiger partial charge on any atom is -0.262 e. The molecule has 0 saturated heterocycles. The fourth-order valence-electron chi connectivity index (χ4n) is 1.74. The van der Waals surface area contributed by atoms with Crippen LogP contribution in [0.4, 0.5) is 4.39 Å². The lowest BCUT2D eigenvalue weighted by Gasteiger charge is -2.01. The van der Waals surface area contributed by atoms with E-state index in [1.807, 2.05) is 6.07 Å². The first kappa shape index (κ1) is 11.8. The number of aromatic nitrogens is 4. The van der Waals surface area contributed by atoms with Crippen molar-refractivity contribution >= 4 is 11.6 Å². The molecule has 0 aliphatic heterocycles. The standard InChI is InChI=1S/C13H8ClFN4/c14-10-4-1-5-11(15)13(10)12-8-19(18-17-12)9-3-2-6-16-7-9/h1-8H. The molecule has 0 aliphatic carbocycles. The summed E-state index contributed by atoms with van der Waals surface area (Å²) >= 11 is 5.99. The van der Waals surface area contributed by atoms with Crippen LogP contribution in [0.1, 0.15) is 0 Å². The zero-order valence-electron chi connectivity index (χ0n) is 9.66. The summed E-state index contributed by atoms with van der Waals surface area (Å²) in [5, 5.41) is 8.20. The lowest BCUT2D eigenvalue weighted by molar-refractivity contribution is 0.630. The monoisotopic (exact) mass is 274 g/mol. The molecule has 94 valence electrons. The molecule has 3 aromatic rings. The Balaban J connectivity index is 2.07. The molecule has 0 aliphatic rings. The molecule has 3 rings (SSSR count). The third-order valence-electron chi connectivity index (χ3n) is 2.62. The van der Waals surface area contributed by atoms with Crippen LogP contribution in [-0.2, 0) is 0 Å². The van der Waals surface area contributed by atoms with Crippen LogP contribution in [0.15, 0.2) is 48.9 Å². The van der Waals surface area contributed by atoms with Crippen LogP contribution >= 0.6 is 11.6 Å². The molecule has 0 unspecified atom stereocenters. The second-order valence-electron chi connectivity index (χ2n) is 3.86. The summed E-state index contributed by atoms with van der Waals surface area (Å²) in [7, 11) is 0. The summed E-state index contributed by atoms with van der Waals surface area (Å²) in [4.78, 5) is 3.99. The normalized spacial score (nSPS) is 10.6. The van der Waals surface area contributed by atoms with E-state index >= 15 is 0 Å². The van der Waals surface area contributed by atoms with Gasteiger partial charge < -0.3 is 0 Å². The van der Waals surface area contributed by atoms with Crippen molar-refractivity contribution in [1.29, 1.82) is 0 Å². The fourth-order valence-corrected chi connectivity index (χ4v) is 2.00. The van der Waals surface area contributed by atoms with Gasteiger partial charge >= 0.3 is 0 Å². The molecule has 2 aromatic heterocycles. The van der Waals surface area contributed by atoms with Crippen molar-refractivity contribution in [2.75, 3.05) is 0 Å². The van der Waals surface area contributed by atoms with Gasteiger partial charge in [0, 0.05) is 6.20 Å². The Kier molecular flexibility index (Phi) is 2.97. The molecule has 0 N–H and O–H groups in total. The number of rotatable bonds is 2. The Bertz CT molecular complexity index is 691. The topological polar surface area (TPSA) is 43.6 Å². The summed E-state index contributed by atoms with van der Waals surface area (Å²) < 4.78 is 15.3. The molecule has 0 atom stereocenters. The highest BCUT2D eigenvalue weighted by atomic mass is 35.5. The van der Waals surface area contributed by atoms with Gasteiger partial charge in [-0.05, 0) is 24.3 Å². The van der Waals surface area contributed by atoms with Gasteiger partial charge in [0.05, 0.1) is 28.7 Å². The van der Waals surface area contributed by atoms with Crippen LogP contribution in [0.2, 0.25) is 5.02 Å². The molecule has 0 radical (unpaired) electrons. The number of hydrogen-bond acceptors (Lipinski definition) is 3. The van der Waals surface area contributed by atoms with Gasteiger partial charge in [-0.15, -0.1) is 5.10 Å². The summed E-state index contributed by atoms with van der Waals surface area (Å²) in [6.07, 6.45) is 4.91. The largest absolute Gasteiger partial charge is 0.262 e. The molecule has 0 fully saturated rings. The highest BCUT2D eigenvalue weighted by Gasteiger charge is 2.13. The van der Waals surface area contributed by atoms with E-state index in [4.69, 9.17) is 11.6 Å². The molecule has 6 heteroatoms. The Morgan fingerprint density at radius 1 is 1.16 bits per heavy atom. The van der Waals surface area contributed by atoms with E-state index in [1.54, 1.807) is 36.8 Å². The molecule has 1 aromatic carbocycles. The van der Waals surface area contributed by atoms with E-state index in [0.717, 1.165) is 5.69 Å². The first-order valence-electron chi connectivity index (χ1n) is 5.53. The van der Waals surface area contributed by atoms with Crippen molar-refractivity contribution in [3.63, 3.8) is 0 Å². The number of nitrogens with zero attached hydrogens (tertiary/aromatic N) is 4. The van der Waals surface area contributed by atoms with E-state index < -0.39 is 5.82 Å². The maximum absolute atomic E-state index is 13.8. The Morgan fingerprint density at radius 2 is 2.05 bits per heavy atom. The minimum atomic E-state index is -0.425. The molecule has 4 nitrogen and oxygen atoms in total. The number of benzene rings is 1. The van der Waals surface area contributed by atoms with Crippen LogP contribution in [0.25, 0.3) is 16.9 Å². The fraction of sp³-hybridized carbons (Fsp3) is 0. The molecule has 19 heavy (non-hydrogen) atoms. The quantitative estimate of drug-likeness (QED) is 0.721. The zero-order chi connectivity index (χ0) is 13.2. The molecule has 2 heterocycles. The second kappa shape index (κ2) is 4.78. The van der Waals surface area contributed by atoms with Crippen molar-refractivity contribution in [3.8, 4) is 16.9 Å². The molecule has 0 spiro atoms. The molecular formula is C13H8ClFN4. The maximum Gasteiger partial charge on any atom is 0.134 e. The van der Waals surface area contributed by atoms with Crippen LogP contribution in [0.3, 0.4) is 0 Å². The van der Waals surface area contributed by atoms with Crippen molar-refractivity contribution in [3.05, 3.63) is 59.8 Å². The van der Waals surface area contributed by atoms with Gasteiger partial charge in [0.2, 0.25) is 0 Å². The molecule has 0 amide bonds. The lowest BCUT2D eigenvalue weighted by Crippen LogP contribution is -1.94. The number of halogens is 2. The van der Waals surface area contributed by atoms with Gasteiger partial charge in [0.15, 0.2) is 0 Å². The Hall–Kier alpha value is -2.27. The third-order valence-corrected chi connectivity index (χ3v) is 2.94. The van der Waals surface area contributed by atoms with E-state index in [2.05, 4.69) is 15.3 Å². The van der Waals surface area contributed by atoms with E-state index in [9.17, 15) is 4.39 Å². The highest BCUT2D eigenvalue weighted by Crippen LogP contribution is 2.28. The number of hydrogen-bond donors (Lipinski definition) is 0. The average Bonchev–Trinajstić information content (AvgIpc) is 2.89. The average molecular weight is 275 g/mol. The lowest BCUT2D eigenvalue weighted by atomic mass is 10.1. The van der Waals surface area contributed by atoms with Gasteiger partial charge in [0.1, 0.15) is 11.5 Å². The van der Waals surface area contributed by atoms with Gasteiger partial charge in [-0.3, -0.25) is 4.98 Å². The Morgan fingerprint density at radius 3 is 2.79 bits per heavy atom. The van der Waals surface area contributed by atoms with Crippen LogP contribution in [0.5, 0.6) is 0 Å². The number of pyridine rings is 1. The maximum atomic E-state index is 13.8. The van der Waals surface area contributed by atoms with Crippen molar-refractivity contribution in [1.82, 2.24) is 20.0 Å². The first-order chi connectivity index (χ1) is 9.25. The van der Waals surface area contributed by atoms with Gasteiger partial charge in [-0.2, -0.15) is 0 Å². The van der Waals surface area contributed by atoms with E-state index in [1.165, 1.54) is 10.7 Å². The van der Waals surface area contributed by atoms with Gasteiger partial charge in [-0.1, -0.05) is 22.9 Å². The second-order valence-corrected chi connectivity index (χ2v) is 4.26. The minimum absolute atomic E-state index is 0.249. The van der Waals surface area contributed by atoms with E-state index in [0.29, 0.717) is 10.7 Å². The first-order valence-corrected chi connectivity index (χ1v) is 5.90. The smallest absolute Gasteiger partial charge is 0.134 e. The van der Waals surface area contributed by atoms with Crippen LogP contribution in [0, 0.1) is 5.82 Å². The predicted octanol–water partition coefficient (Wildman–Crippen LogP) is 3.12. The molecule has 0 saturated carbocycles. The van der Waals surface area contributed by atoms with Crippen molar-refractivity contribution in [2.24, 2.45) is 0 Å². The third kappa shape index (κ3) is 2.20. The van der Waals surface area contributed by atoms with Gasteiger partial charge in [0.25, 0.3) is 0 Å². The zero-order valence-corrected chi connectivity index (χ0v) is 10.4. The summed E-state index contributed by atoms with van der Waals surface area (Å²) in [6.45, 7) is 0. The van der Waals surface area contributed by atoms with Crippen LogP contribution < -0.4 is 0 Å². The highest BCUT2D eigenvalue weighted by molar-refractivity contribution is 6.33. The van der Waals surface area contributed by atoms with Gasteiger partial charge in [-0.25, -0.2) is 9.07 Å². The molecular weight excluding hydrogens is 267 g/mol. The Labute approximate surface area is 113 Å². The van der Waals surface area contributed by atoms with Crippen molar-refractivity contribution < 1.29 is 4.39 Å². The summed E-state index contributed by atoms with van der Waals surface area (Å²) in [6, 6.07) is 8.11. The molecule has 0 bridgehead atoms. The van der Waals surface area contributed by atoms with Crippen molar-refractivity contribution in [2.45, 2.75) is 0 Å².